The van der Waals surface area contributed by atoms with Crippen LogP contribution in [0.4, 0.5) is 0 Å². The van der Waals surface area contributed by atoms with E-state index in [2.05, 4.69) is 9.64 Å². The van der Waals surface area contributed by atoms with Crippen LogP contribution in [0.5, 0.6) is 0 Å². The molecule has 1 saturated heterocycles. The molecule has 1 aliphatic rings. The molecule has 0 bridgehead atoms. The summed E-state index contributed by atoms with van der Waals surface area (Å²) >= 11 is 2.02. The van der Waals surface area contributed by atoms with Crippen molar-refractivity contribution in [2.75, 3.05) is 31.7 Å². The minimum Gasteiger partial charge on any atom is -0.465 e. The predicted octanol–water partition coefficient (Wildman–Crippen LogP) is 2.02. The molecule has 0 unspecified atom stereocenters. The highest BCUT2D eigenvalue weighted by molar-refractivity contribution is 7.99. The van der Waals surface area contributed by atoms with Gasteiger partial charge in [-0.3, -0.25) is 4.90 Å². The van der Waals surface area contributed by atoms with Gasteiger partial charge in [0.2, 0.25) is 0 Å². The van der Waals surface area contributed by atoms with E-state index in [-0.39, 0.29) is 5.97 Å². The number of esters is 1. The van der Waals surface area contributed by atoms with E-state index in [0.717, 1.165) is 19.6 Å². The van der Waals surface area contributed by atoms with Crippen LogP contribution < -0.4 is 0 Å². The quantitative estimate of drug-likeness (QED) is 0.769. The molecule has 0 aromatic heterocycles. The smallest absolute Gasteiger partial charge is 0.337 e. The lowest BCUT2D eigenvalue weighted by Crippen LogP contribution is -2.31. The number of carbonyl (C=O) groups excluding carboxylic acids is 1. The zero-order valence-electron chi connectivity index (χ0n) is 10.0. The van der Waals surface area contributed by atoms with E-state index in [1.807, 2.05) is 36.0 Å². The van der Waals surface area contributed by atoms with Crippen molar-refractivity contribution in [3.63, 3.8) is 0 Å². The van der Waals surface area contributed by atoms with Gasteiger partial charge in [0, 0.05) is 31.1 Å². The molecule has 0 spiro atoms. The molecule has 1 fully saturated rings. The lowest BCUT2D eigenvalue weighted by Gasteiger charge is -2.26. The van der Waals surface area contributed by atoms with E-state index in [1.165, 1.54) is 24.2 Å². The average molecular weight is 251 g/mol. The number of carbonyl (C=O) groups is 1. The normalized spacial score (nSPS) is 16.8. The van der Waals surface area contributed by atoms with Crippen LogP contribution in [-0.2, 0) is 11.3 Å². The number of benzene rings is 1. The maximum atomic E-state index is 11.3. The summed E-state index contributed by atoms with van der Waals surface area (Å²) in [7, 11) is 1.40. The Balaban J connectivity index is 1.95. The second-order valence-electron chi connectivity index (χ2n) is 4.08. The van der Waals surface area contributed by atoms with Crippen molar-refractivity contribution < 1.29 is 9.53 Å². The number of methoxy groups -OCH3 is 1. The summed E-state index contributed by atoms with van der Waals surface area (Å²) in [6.07, 6.45) is 0. The van der Waals surface area contributed by atoms with Crippen LogP contribution in [0.3, 0.4) is 0 Å². The van der Waals surface area contributed by atoms with Crippen molar-refractivity contribution >= 4 is 17.7 Å². The van der Waals surface area contributed by atoms with Crippen molar-refractivity contribution in [2.45, 2.75) is 6.54 Å². The van der Waals surface area contributed by atoms with Crippen LogP contribution in [0.2, 0.25) is 0 Å². The van der Waals surface area contributed by atoms with Gasteiger partial charge in [0.25, 0.3) is 0 Å². The molecule has 0 amide bonds. The molecule has 1 aromatic carbocycles. The maximum absolute atomic E-state index is 11.3. The fraction of sp³-hybridized carbons (Fsp3) is 0.462. The van der Waals surface area contributed by atoms with E-state index in [4.69, 9.17) is 0 Å². The number of hydrogen-bond donors (Lipinski definition) is 0. The number of thioether (sulfide) groups is 1. The van der Waals surface area contributed by atoms with Crippen LogP contribution >= 0.6 is 11.8 Å². The third kappa shape index (κ3) is 3.48. The van der Waals surface area contributed by atoms with Crippen molar-refractivity contribution in [1.29, 1.82) is 0 Å². The van der Waals surface area contributed by atoms with E-state index >= 15 is 0 Å². The van der Waals surface area contributed by atoms with Gasteiger partial charge in [-0.1, -0.05) is 12.1 Å². The van der Waals surface area contributed by atoms with Gasteiger partial charge in [0.1, 0.15) is 0 Å². The zero-order chi connectivity index (χ0) is 12.1. The Morgan fingerprint density at radius 1 is 1.29 bits per heavy atom. The first-order valence-corrected chi connectivity index (χ1v) is 6.92. The molecule has 3 nitrogen and oxygen atoms in total. The van der Waals surface area contributed by atoms with Crippen LogP contribution in [0, 0.1) is 0 Å². The first-order chi connectivity index (χ1) is 8.29. The Bertz CT molecular complexity index is 372. The second-order valence-corrected chi connectivity index (χ2v) is 5.30. The molecule has 0 radical (unpaired) electrons. The molecule has 0 saturated carbocycles. The summed E-state index contributed by atoms with van der Waals surface area (Å²) in [6.45, 7) is 3.29. The SMILES string of the molecule is COC(=O)c1ccc(CN2CCSCC2)cc1. The van der Waals surface area contributed by atoms with Gasteiger partial charge in [-0.05, 0) is 17.7 Å². The maximum Gasteiger partial charge on any atom is 0.337 e. The van der Waals surface area contributed by atoms with E-state index in [1.54, 1.807) is 0 Å². The van der Waals surface area contributed by atoms with Crippen molar-refractivity contribution in [1.82, 2.24) is 4.90 Å². The largest absolute Gasteiger partial charge is 0.465 e. The highest BCUT2D eigenvalue weighted by Gasteiger charge is 2.11. The summed E-state index contributed by atoms with van der Waals surface area (Å²) in [5.41, 5.74) is 1.87. The molecule has 0 N–H and O–H groups in total. The van der Waals surface area contributed by atoms with Crippen molar-refractivity contribution in [3.05, 3.63) is 35.4 Å². The topological polar surface area (TPSA) is 29.5 Å². The molecule has 0 aliphatic carbocycles. The Morgan fingerprint density at radius 3 is 2.53 bits per heavy atom. The fourth-order valence-electron chi connectivity index (χ4n) is 1.88. The van der Waals surface area contributed by atoms with Gasteiger partial charge < -0.3 is 4.74 Å². The number of rotatable bonds is 3. The number of nitrogens with zero attached hydrogens (tertiary/aromatic N) is 1. The Hall–Kier alpha value is -1.00. The first-order valence-electron chi connectivity index (χ1n) is 5.77. The molecular formula is C13H17NO2S. The van der Waals surface area contributed by atoms with Gasteiger partial charge in [0.15, 0.2) is 0 Å². The summed E-state index contributed by atoms with van der Waals surface area (Å²) in [6, 6.07) is 7.68. The molecule has 0 atom stereocenters. The predicted molar refractivity (Wildman–Crippen MR) is 70.4 cm³/mol. The summed E-state index contributed by atoms with van der Waals surface area (Å²) in [5, 5.41) is 0. The molecule has 4 heteroatoms. The third-order valence-electron chi connectivity index (χ3n) is 2.88. The van der Waals surface area contributed by atoms with E-state index in [0.29, 0.717) is 5.56 Å². The van der Waals surface area contributed by atoms with Gasteiger partial charge in [-0.15, -0.1) is 0 Å². The molecule has 2 rings (SSSR count). The Kier molecular flexibility index (Phi) is 4.45. The fourth-order valence-corrected chi connectivity index (χ4v) is 2.86. The number of ether oxygens (including phenoxy) is 1. The molecular weight excluding hydrogens is 234 g/mol. The average Bonchev–Trinajstić information content (AvgIpc) is 2.40. The van der Waals surface area contributed by atoms with E-state index < -0.39 is 0 Å². The molecule has 92 valence electrons. The van der Waals surface area contributed by atoms with Gasteiger partial charge in [-0.2, -0.15) is 11.8 Å². The van der Waals surface area contributed by atoms with Gasteiger partial charge in [-0.25, -0.2) is 4.79 Å². The molecule has 1 aliphatic heterocycles. The van der Waals surface area contributed by atoms with Crippen LogP contribution in [0.1, 0.15) is 15.9 Å². The summed E-state index contributed by atoms with van der Waals surface area (Å²) in [5.74, 6) is 2.17. The monoisotopic (exact) mass is 251 g/mol. The minimum absolute atomic E-state index is 0.272. The van der Waals surface area contributed by atoms with Gasteiger partial charge in [0.05, 0.1) is 12.7 Å². The van der Waals surface area contributed by atoms with Crippen LogP contribution in [0.25, 0.3) is 0 Å². The standard InChI is InChI=1S/C13H17NO2S/c1-16-13(15)12-4-2-11(3-5-12)10-14-6-8-17-9-7-14/h2-5H,6-10H2,1H3. The summed E-state index contributed by atoms with van der Waals surface area (Å²) < 4.78 is 4.67. The Labute approximate surface area is 106 Å². The van der Waals surface area contributed by atoms with Crippen molar-refractivity contribution in [3.8, 4) is 0 Å². The molecule has 1 aromatic rings. The minimum atomic E-state index is -0.272. The molecule has 17 heavy (non-hydrogen) atoms. The zero-order valence-corrected chi connectivity index (χ0v) is 10.8. The third-order valence-corrected chi connectivity index (χ3v) is 3.83. The van der Waals surface area contributed by atoms with Gasteiger partial charge >= 0.3 is 5.97 Å². The second kappa shape index (κ2) is 6.07. The van der Waals surface area contributed by atoms with E-state index in [9.17, 15) is 4.79 Å². The van der Waals surface area contributed by atoms with Crippen LogP contribution in [-0.4, -0.2) is 42.6 Å². The Morgan fingerprint density at radius 2 is 1.94 bits per heavy atom. The highest BCUT2D eigenvalue weighted by atomic mass is 32.2. The summed E-state index contributed by atoms with van der Waals surface area (Å²) in [4.78, 5) is 13.7. The lowest BCUT2D eigenvalue weighted by atomic mass is 10.1. The van der Waals surface area contributed by atoms with Crippen molar-refractivity contribution in [2.24, 2.45) is 0 Å². The highest BCUT2D eigenvalue weighted by Crippen LogP contribution is 2.13. The first kappa shape index (κ1) is 12.5. The lowest BCUT2D eigenvalue weighted by molar-refractivity contribution is 0.0600. The molecule has 1 heterocycles. The van der Waals surface area contributed by atoms with Crippen LogP contribution in [0.15, 0.2) is 24.3 Å². The number of hydrogen-bond acceptors (Lipinski definition) is 4.